The number of primary amides is 1. The molecule has 0 aromatic carbocycles. The topological polar surface area (TPSA) is 72.2 Å². The van der Waals surface area contributed by atoms with Crippen molar-refractivity contribution in [3.05, 3.63) is 0 Å². The monoisotopic (exact) mass is 134 g/mol. The van der Waals surface area contributed by atoms with Gasteiger partial charge in [0.1, 0.15) is 0 Å². The van der Waals surface area contributed by atoms with E-state index in [1.54, 1.807) is 0 Å². The summed E-state index contributed by atoms with van der Waals surface area (Å²) in [7, 11) is 0. The van der Waals surface area contributed by atoms with Gasteiger partial charge in [0.2, 0.25) is 11.8 Å². The van der Waals surface area contributed by atoms with Crippen LogP contribution in [0, 0.1) is 0 Å². The third kappa shape index (κ3) is 4.73. The largest absolute Gasteiger partial charge is 0.370 e. The van der Waals surface area contributed by atoms with Gasteiger partial charge in [-0.25, -0.2) is 0 Å². The Kier molecular flexibility index (Phi) is 3.34. The van der Waals surface area contributed by atoms with Crippen molar-refractivity contribution < 1.29 is 14.1 Å². The maximum absolute atomic E-state index is 11.1. The predicted molar refractivity (Wildman–Crippen MR) is 27.7 cm³/mol. The quantitative estimate of drug-likeness (QED) is 0.498. The van der Waals surface area contributed by atoms with Crippen molar-refractivity contribution in [2.75, 3.05) is 0 Å². The van der Waals surface area contributed by atoms with Crippen molar-refractivity contribution in [2.45, 2.75) is 12.8 Å². The van der Waals surface area contributed by atoms with Crippen LogP contribution >= 0.6 is 0 Å². The molecular weight excluding hydrogens is 127 g/mol. The molecule has 0 rings (SSSR count). The summed E-state index contributed by atoms with van der Waals surface area (Å²) in [6, 6.07) is 0. The molecule has 0 unspecified atom stereocenters. The van der Waals surface area contributed by atoms with Gasteiger partial charge in [0.15, 0.2) is 0 Å². The molecule has 3 N–H and O–H groups in total. The minimum absolute atomic E-state index is 0.115. The molecule has 0 heterocycles. The molecule has 0 aliphatic rings. The van der Waals surface area contributed by atoms with Gasteiger partial charge in [-0.05, 0) is 0 Å². The van der Waals surface area contributed by atoms with Gasteiger partial charge in [-0.3, -0.25) is 9.59 Å². The van der Waals surface area contributed by atoms with E-state index in [0.29, 0.717) is 0 Å². The Morgan fingerprint density at radius 3 is 2.33 bits per heavy atom. The molecule has 0 aliphatic carbocycles. The molecule has 4 nitrogen and oxygen atoms in total. The van der Waals surface area contributed by atoms with Gasteiger partial charge in [0, 0.05) is 12.8 Å². The second kappa shape index (κ2) is 3.82. The van der Waals surface area contributed by atoms with Crippen LogP contribution in [-0.2, 0) is 9.59 Å². The average Bonchev–Trinajstić information content (AvgIpc) is 1.83. The first-order valence-corrected chi connectivity index (χ1v) is 2.34. The zero-order chi connectivity index (χ0) is 7.28. The summed E-state index contributed by atoms with van der Waals surface area (Å²) in [6.07, 6.45) is -0.304. The van der Waals surface area contributed by atoms with E-state index in [9.17, 15) is 14.1 Å². The molecular formula is C4H7FN2O2. The molecule has 0 saturated carbocycles. The molecule has 0 fully saturated rings. The first-order chi connectivity index (χ1) is 4.16. The summed E-state index contributed by atoms with van der Waals surface area (Å²) in [5, 5.41) is 0. The predicted octanol–water partition coefficient (Wildman–Crippen LogP) is -0.747. The lowest BCUT2D eigenvalue weighted by molar-refractivity contribution is -0.128. The van der Waals surface area contributed by atoms with Crippen molar-refractivity contribution in [3.63, 3.8) is 0 Å². The van der Waals surface area contributed by atoms with Crippen molar-refractivity contribution in [2.24, 2.45) is 5.73 Å². The molecule has 0 saturated heterocycles. The van der Waals surface area contributed by atoms with Crippen LogP contribution in [0.1, 0.15) is 12.8 Å². The first kappa shape index (κ1) is 7.87. The van der Waals surface area contributed by atoms with Crippen LogP contribution in [0.4, 0.5) is 4.48 Å². The molecule has 0 aliphatic heterocycles. The minimum Gasteiger partial charge on any atom is -0.370 e. The van der Waals surface area contributed by atoms with E-state index < -0.39 is 11.8 Å². The zero-order valence-corrected chi connectivity index (χ0v) is 4.69. The summed E-state index contributed by atoms with van der Waals surface area (Å²) < 4.78 is 11.1. The standard InChI is InChI=1S/C4H7FN2O2/c5-7-4(9)2-1-3(6)8/h1-2H2,(H2,6,8)(H,7,9). The van der Waals surface area contributed by atoms with Crippen molar-refractivity contribution in [1.82, 2.24) is 5.54 Å². The van der Waals surface area contributed by atoms with Gasteiger partial charge in [-0.1, -0.05) is 0 Å². The van der Waals surface area contributed by atoms with E-state index >= 15 is 0 Å². The maximum atomic E-state index is 11.1. The smallest absolute Gasteiger partial charge is 0.248 e. The Balaban J connectivity index is 3.28. The molecule has 2 amide bonds. The van der Waals surface area contributed by atoms with E-state index in [1.807, 2.05) is 0 Å². The van der Waals surface area contributed by atoms with Gasteiger partial charge >= 0.3 is 0 Å². The van der Waals surface area contributed by atoms with E-state index in [0.717, 1.165) is 5.54 Å². The highest BCUT2D eigenvalue weighted by Crippen LogP contribution is 1.85. The average molecular weight is 134 g/mol. The number of hydrogen-bond acceptors (Lipinski definition) is 2. The SMILES string of the molecule is NC(=O)CCC(=O)NF. The lowest BCUT2D eigenvalue weighted by Gasteiger charge is -1.90. The molecule has 5 heteroatoms. The number of rotatable bonds is 3. The number of hydrogen-bond donors (Lipinski definition) is 2. The van der Waals surface area contributed by atoms with E-state index in [-0.39, 0.29) is 12.8 Å². The number of nitrogens with two attached hydrogens (primary N) is 1. The molecule has 0 aromatic heterocycles. The lowest BCUT2D eigenvalue weighted by atomic mass is 10.3. The zero-order valence-electron chi connectivity index (χ0n) is 4.69. The number of carbonyl (C=O) groups excluding carboxylic acids is 2. The maximum Gasteiger partial charge on any atom is 0.248 e. The van der Waals surface area contributed by atoms with Gasteiger partial charge in [-0.15, -0.1) is 4.48 Å². The normalized spacial score (nSPS) is 8.56. The van der Waals surface area contributed by atoms with Crippen LogP contribution in [0.15, 0.2) is 0 Å². The van der Waals surface area contributed by atoms with Crippen LogP contribution < -0.4 is 11.3 Å². The fourth-order valence-electron chi connectivity index (χ4n) is 0.284. The molecule has 0 radical (unpaired) electrons. The molecule has 0 atom stereocenters. The summed E-state index contributed by atoms with van der Waals surface area (Å²) in [5.41, 5.74) is 5.53. The fourth-order valence-corrected chi connectivity index (χ4v) is 0.284. The Hall–Kier alpha value is -1.13. The van der Waals surface area contributed by atoms with Gasteiger partial charge < -0.3 is 5.73 Å². The highest BCUT2D eigenvalue weighted by molar-refractivity contribution is 5.82. The number of carbonyl (C=O) groups is 2. The Morgan fingerprint density at radius 2 is 2.00 bits per heavy atom. The lowest BCUT2D eigenvalue weighted by Crippen LogP contribution is -2.18. The van der Waals surface area contributed by atoms with Gasteiger partial charge in [-0.2, -0.15) is 5.54 Å². The second-order valence-electron chi connectivity index (χ2n) is 1.48. The number of amides is 2. The fraction of sp³-hybridized carbons (Fsp3) is 0.500. The highest BCUT2D eigenvalue weighted by atomic mass is 19.2. The summed E-state index contributed by atoms with van der Waals surface area (Å²) >= 11 is 0. The van der Waals surface area contributed by atoms with Crippen LogP contribution in [0.25, 0.3) is 0 Å². The summed E-state index contributed by atoms with van der Waals surface area (Å²) in [6.45, 7) is 0. The molecule has 9 heavy (non-hydrogen) atoms. The molecule has 0 bridgehead atoms. The van der Waals surface area contributed by atoms with Gasteiger partial charge in [0.25, 0.3) is 0 Å². The molecule has 52 valence electrons. The third-order valence-electron chi connectivity index (χ3n) is 0.704. The second-order valence-corrected chi connectivity index (χ2v) is 1.48. The van der Waals surface area contributed by atoms with Crippen LogP contribution in [0.5, 0.6) is 0 Å². The third-order valence-corrected chi connectivity index (χ3v) is 0.704. The van der Waals surface area contributed by atoms with Crippen molar-refractivity contribution in [1.29, 1.82) is 0 Å². The van der Waals surface area contributed by atoms with E-state index in [2.05, 4.69) is 5.73 Å². The highest BCUT2D eigenvalue weighted by Gasteiger charge is 2.01. The van der Waals surface area contributed by atoms with Crippen molar-refractivity contribution in [3.8, 4) is 0 Å². The first-order valence-electron chi connectivity index (χ1n) is 2.34. The molecule has 0 spiro atoms. The number of halogens is 1. The minimum atomic E-state index is -0.825. The molecule has 0 aromatic rings. The Labute approximate surface area is 51.1 Å². The van der Waals surface area contributed by atoms with Crippen molar-refractivity contribution >= 4 is 11.8 Å². The van der Waals surface area contributed by atoms with Crippen LogP contribution in [0.2, 0.25) is 0 Å². The Bertz CT molecular complexity index is 126. The van der Waals surface area contributed by atoms with Crippen LogP contribution in [-0.4, -0.2) is 11.8 Å². The van der Waals surface area contributed by atoms with Crippen LogP contribution in [0.3, 0.4) is 0 Å². The van der Waals surface area contributed by atoms with E-state index in [4.69, 9.17) is 0 Å². The van der Waals surface area contributed by atoms with Gasteiger partial charge in [0.05, 0.1) is 0 Å². The Morgan fingerprint density at radius 1 is 1.44 bits per heavy atom. The number of nitrogens with one attached hydrogen (secondary N) is 1. The summed E-state index contributed by atoms with van der Waals surface area (Å²) in [4.78, 5) is 20.0. The van der Waals surface area contributed by atoms with E-state index in [1.165, 1.54) is 0 Å². The summed E-state index contributed by atoms with van der Waals surface area (Å²) in [5.74, 6) is -1.44.